The molecule has 0 aliphatic rings. The minimum atomic E-state index is -0.0207. The van der Waals surface area contributed by atoms with Crippen molar-refractivity contribution in [2.45, 2.75) is 33.2 Å². The van der Waals surface area contributed by atoms with E-state index in [1.54, 1.807) is 11.3 Å². The molecule has 4 aromatic rings. The predicted octanol–water partition coefficient (Wildman–Crippen LogP) is 5.05. The van der Waals surface area contributed by atoms with Crippen LogP contribution in [0, 0.1) is 6.92 Å². The molecule has 0 aliphatic heterocycles. The van der Waals surface area contributed by atoms with E-state index in [0.717, 1.165) is 32.9 Å². The van der Waals surface area contributed by atoms with Gasteiger partial charge in [0.2, 0.25) is 0 Å². The van der Waals surface area contributed by atoms with E-state index < -0.39 is 0 Å². The van der Waals surface area contributed by atoms with Gasteiger partial charge in [0, 0.05) is 23.4 Å². The van der Waals surface area contributed by atoms with Crippen LogP contribution in [0.15, 0.2) is 48.7 Å². The maximum absolute atomic E-state index is 12.3. The summed E-state index contributed by atoms with van der Waals surface area (Å²) < 4.78 is 3.17. The Kier molecular flexibility index (Phi) is 4.24. The average Bonchev–Trinajstić information content (AvgIpc) is 3.19. The van der Waals surface area contributed by atoms with Crippen LogP contribution in [0.1, 0.15) is 36.2 Å². The Morgan fingerprint density at radius 1 is 1.23 bits per heavy atom. The normalized spacial score (nSPS) is 12.6. The molecule has 1 amide bonds. The number of imidazole rings is 1. The van der Waals surface area contributed by atoms with Crippen molar-refractivity contribution in [1.29, 1.82) is 0 Å². The monoisotopic (exact) mass is 363 g/mol. The molecule has 0 radical (unpaired) electrons. The van der Waals surface area contributed by atoms with Crippen molar-refractivity contribution >= 4 is 32.4 Å². The van der Waals surface area contributed by atoms with Crippen molar-refractivity contribution < 1.29 is 4.79 Å². The molecule has 2 heterocycles. The van der Waals surface area contributed by atoms with E-state index in [9.17, 15) is 4.79 Å². The number of aromatic nitrogens is 2. The fourth-order valence-corrected chi connectivity index (χ4v) is 3.96. The van der Waals surface area contributed by atoms with Crippen LogP contribution in [0.5, 0.6) is 0 Å². The molecule has 1 atom stereocenters. The van der Waals surface area contributed by atoms with Crippen LogP contribution in [-0.4, -0.2) is 21.3 Å². The van der Waals surface area contributed by atoms with E-state index in [4.69, 9.17) is 4.98 Å². The smallest absolute Gasteiger partial charge is 0.251 e. The topological polar surface area (TPSA) is 46.4 Å². The lowest BCUT2D eigenvalue weighted by atomic mass is 10.1. The number of carbonyl (C=O) groups is 1. The second kappa shape index (κ2) is 6.57. The van der Waals surface area contributed by atoms with Crippen LogP contribution in [0.3, 0.4) is 0 Å². The van der Waals surface area contributed by atoms with Gasteiger partial charge in [-0.2, -0.15) is 0 Å². The molecule has 132 valence electrons. The van der Waals surface area contributed by atoms with Gasteiger partial charge < -0.3 is 5.32 Å². The van der Waals surface area contributed by atoms with Crippen molar-refractivity contribution in [2.24, 2.45) is 0 Å². The molecule has 0 aliphatic carbocycles. The zero-order valence-electron chi connectivity index (χ0n) is 15.1. The third kappa shape index (κ3) is 2.99. The summed E-state index contributed by atoms with van der Waals surface area (Å²) in [6.07, 6.45) is 2.99. The summed E-state index contributed by atoms with van der Waals surface area (Å²) in [4.78, 5) is 18.1. The number of rotatable bonds is 4. The number of thiazole rings is 1. The SMILES string of the molecule is CC[C@@H](C)NC(=O)c1ccc2c(c1)sc1nc(-c3ccc(C)cc3)cn12. The Labute approximate surface area is 156 Å². The van der Waals surface area contributed by atoms with Crippen molar-refractivity contribution in [3.05, 3.63) is 59.8 Å². The standard InChI is InChI=1S/C21H21N3OS/c1-4-14(3)22-20(25)16-9-10-18-19(11-16)26-21-23-17(12-24(18)21)15-7-5-13(2)6-8-15/h5-12,14H,4H2,1-3H3,(H,22,25)/t14-/m1/s1. The fourth-order valence-electron chi connectivity index (χ4n) is 2.91. The highest BCUT2D eigenvalue weighted by molar-refractivity contribution is 7.23. The van der Waals surface area contributed by atoms with Gasteiger partial charge >= 0.3 is 0 Å². The van der Waals surface area contributed by atoms with E-state index in [-0.39, 0.29) is 11.9 Å². The first-order chi connectivity index (χ1) is 12.5. The average molecular weight is 363 g/mol. The largest absolute Gasteiger partial charge is 0.350 e. The number of benzene rings is 2. The lowest BCUT2D eigenvalue weighted by Crippen LogP contribution is -2.31. The van der Waals surface area contributed by atoms with Crippen molar-refractivity contribution in [1.82, 2.24) is 14.7 Å². The van der Waals surface area contributed by atoms with Crippen LogP contribution >= 0.6 is 11.3 Å². The number of nitrogens with one attached hydrogen (secondary N) is 1. The van der Waals surface area contributed by atoms with Crippen molar-refractivity contribution in [3.8, 4) is 11.3 Å². The number of amides is 1. The van der Waals surface area contributed by atoms with Crippen LogP contribution in [0.2, 0.25) is 0 Å². The van der Waals surface area contributed by atoms with Gasteiger partial charge in [0.1, 0.15) is 0 Å². The Morgan fingerprint density at radius 2 is 2.00 bits per heavy atom. The molecule has 0 bridgehead atoms. The van der Waals surface area contributed by atoms with Gasteiger partial charge in [-0.15, -0.1) is 0 Å². The van der Waals surface area contributed by atoms with Gasteiger partial charge in [0.15, 0.2) is 4.96 Å². The molecule has 0 saturated carbocycles. The molecule has 4 nitrogen and oxygen atoms in total. The molecule has 1 N–H and O–H groups in total. The highest BCUT2D eigenvalue weighted by Crippen LogP contribution is 2.30. The Bertz CT molecular complexity index is 1090. The van der Waals surface area contributed by atoms with Gasteiger partial charge in [-0.3, -0.25) is 9.20 Å². The van der Waals surface area contributed by atoms with E-state index in [2.05, 4.69) is 54.0 Å². The van der Waals surface area contributed by atoms with Gasteiger partial charge in [0.25, 0.3) is 5.91 Å². The van der Waals surface area contributed by atoms with Gasteiger partial charge in [-0.05, 0) is 38.5 Å². The first-order valence-corrected chi connectivity index (χ1v) is 9.66. The quantitative estimate of drug-likeness (QED) is 0.551. The number of fused-ring (bicyclic) bond motifs is 3. The summed E-state index contributed by atoms with van der Waals surface area (Å²) in [6.45, 7) is 6.16. The molecule has 0 fully saturated rings. The molecule has 4 rings (SSSR count). The minimum absolute atomic E-state index is 0.0207. The van der Waals surface area contributed by atoms with Crippen LogP contribution in [0.4, 0.5) is 0 Å². The maximum atomic E-state index is 12.3. The first-order valence-electron chi connectivity index (χ1n) is 8.84. The van der Waals surface area contributed by atoms with Crippen molar-refractivity contribution in [3.63, 3.8) is 0 Å². The van der Waals surface area contributed by atoms with Crippen LogP contribution < -0.4 is 5.32 Å². The lowest BCUT2D eigenvalue weighted by molar-refractivity contribution is 0.0939. The summed E-state index contributed by atoms with van der Waals surface area (Å²) >= 11 is 1.61. The van der Waals surface area contributed by atoms with Crippen LogP contribution in [-0.2, 0) is 0 Å². The number of nitrogens with zero attached hydrogens (tertiary/aromatic N) is 2. The lowest BCUT2D eigenvalue weighted by Gasteiger charge is -2.11. The summed E-state index contributed by atoms with van der Waals surface area (Å²) in [5.74, 6) is -0.0207. The summed E-state index contributed by atoms with van der Waals surface area (Å²) in [5.41, 5.74) is 5.10. The summed E-state index contributed by atoms with van der Waals surface area (Å²) in [7, 11) is 0. The fraction of sp³-hybridized carbons (Fsp3) is 0.238. The molecular formula is C21H21N3OS. The van der Waals surface area contributed by atoms with Crippen molar-refractivity contribution in [2.75, 3.05) is 0 Å². The summed E-state index contributed by atoms with van der Waals surface area (Å²) in [6, 6.07) is 14.4. The number of aryl methyl sites for hydroxylation is 1. The predicted molar refractivity (Wildman–Crippen MR) is 108 cm³/mol. The molecule has 0 unspecified atom stereocenters. The van der Waals surface area contributed by atoms with E-state index in [1.165, 1.54) is 5.56 Å². The zero-order valence-corrected chi connectivity index (χ0v) is 15.9. The van der Waals surface area contributed by atoms with E-state index in [0.29, 0.717) is 5.56 Å². The Hall–Kier alpha value is -2.66. The number of hydrogen-bond acceptors (Lipinski definition) is 3. The molecule has 0 spiro atoms. The minimum Gasteiger partial charge on any atom is -0.350 e. The molecular weight excluding hydrogens is 342 g/mol. The highest BCUT2D eigenvalue weighted by Gasteiger charge is 2.13. The second-order valence-electron chi connectivity index (χ2n) is 6.71. The molecule has 26 heavy (non-hydrogen) atoms. The molecule has 2 aromatic carbocycles. The second-order valence-corrected chi connectivity index (χ2v) is 7.72. The highest BCUT2D eigenvalue weighted by atomic mass is 32.1. The third-order valence-corrected chi connectivity index (χ3v) is 5.71. The molecule has 2 aromatic heterocycles. The molecule has 5 heteroatoms. The van der Waals surface area contributed by atoms with E-state index >= 15 is 0 Å². The van der Waals surface area contributed by atoms with Gasteiger partial charge in [0.05, 0.1) is 15.9 Å². The summed E-state index contributed by atoms with van der Waals surface area (Å²) in [5, 5.41) is 3.02. The zero-order chi connectivity index (χ0) is 18.3. The Morgan fingerprint density at radius 3 is 2.73 bits per heavy atom. The maximum Gasteiger partial charge on any atom is 0.251 e. The van der Waals surface area contributed by atoms with Gasteiger partial charge in [-0.25, -0.2) is 4.98 Å². The molecule has 0 saturated heterocycles. The Balaban J connectivity index is 1.70. The number of carbonyl (C=O) groups excluding carboxylic acids is 1. The third-order valence-electron chi connectivity index (χ3n) is 4.69. The number of hydrogen-bond donors (Lipinski definition) is 1. The van der Waals surface area contributed by atoms with Crippen LogP contribution in [0.25, 0.3) is 26.4 Å². The first kappa shape index (κ1) is 16.8. The van der Waals surface area contributed by atoms with Gasteiger partial charge in [-0.1, -0.05) is 48.1 Å². The van der Waals surface area contributed by atoms with E-state index in [1.807, 2.05) is 25.1 Å².